The number of amides is 2. The average Bonchev–Trinajstić information content (AvgIpc) is 2.66. The summed E-state index contributed by atoms with van der Waals surface area (Å²) >= 11 is 0. The molecule has 2 aromatic carbocycles. The third-order valence-electron chi connectivity index (χ3n) is 4.02. The zero-order valence-corrected chi connectivity index (χ0v) is 15.9. The average molecular weight is 375 g/mol. The van der Waals surface area contributed by atoms with Crippen molar-refractivity contribution in [2.75, 3.05) is 16.0 Å². The van der Waals surface area contributed by atoms with Crippen LogP contribution in [0.2, 0.25) is 0 Å². The molecule has 0 spiro atoms. The van der Waals surface area contributed by atoms with Crippen LogP contribution in [0.15, 0.2) is 54.6 Å². The molecule has 0 bridgehead atoms. The van der Waals surface area contributed by atoms with E-state index in [0.29, 0.717) is 17.2 Å². The Labute approximate surface area is 163 Å². The van der Waals surface area contributed by atoms with E-state index in [1.54, 1.807) is 36.4 Å². The lowest BCUT2D eigenvalue weighted by molar-refractivity contribution is -0.114. The Hall–Kier alpha value is -3.74. The highest BCUT2D eigenvalue weighted by Gasteiger charge is 2.09. The highest BCUT2D eigenvalue weighted by Crippen LogP contribution is 2.20. The first-order chi connectivity index (χ1) is 13.4. The fourth-order valence-electron chi connectivity index (χ4n) is 2.56. The van der Waals surface area contributed by atoms with Crippen molar-refractivity contribution in [2.24, 2.45) is 0 Å². The number of anilines is 4. The highest BCUT2D eigenvalue weighted by atomic mass is 16.2. The van der Waals surface area contributed by atoms with Gasteiger partial charge < -0.3 is 16.0 Å². The van der Waals surface area contributed by atoms with E-state index < -0.39 is 0 Å². The van der Waals surface area contributed by atoms with Gasteiger partial charge in [0.15, 0.2) is 11.5 Å². The standard InChI is InChI=1S/C21H21N5O2/c1-13-4-5-14(2)19(12-13)24-20-11-10-18(25-26-20)21(28)23-17-8-6-16(7-9-17)22-15(3)27/h4-12H,1-3H3,(H,22,27)(H,23,28)(H,24,26). The van der Waals surface area contributed by atoms with Crippen molar-refractivity contribution in [3.05, 3.63) is 71.4 Å². The zero-order chi connectivity index (χ0) is 20.1. The van der Waals surface area contributed by atoms with E-state index in [0.717, 1.165) is 16.8 Å². The SMILES string of the molecule is CC(=O)Nc1ccc(NC(=O)c2ccc(Nc3cc(C)ccc3C)nn2)cc1. The second-order valence-corrected chi connectivity index (χ2v) is 6.46. The predicted molar refractivity (Wildman–Crippen MR) is 110 cm³/mol. The number of nitrogens with zero attached hydrogens (tertiary/aromatic N) is 2. The van der Waals surface area contributed by atoms with Crippen LogP contribution in [0.5, 0.6) is 0 Å². The Kier molecular flexibility index (Phi) is 5.64. The topological polar surface area (TPSA) is 96.0 Å². The van der Waals surface area contributed by atoms with Gasteiger partial charge in [-0.2, -0.15) is 0 Å². The number of rotatable bonds is 5. The van der Waals surface area contributed by atoms with Gasteiger partial charge in [-0.1, -0.05) is 12.1 Å². The van der Waals surface area contributed by atoms with Crippen molar-refractivity contribution in [3.8, 4) is 0 Å². The summed E-state index contributed by atoms with van der Waals surface area (Å²) in [7, 11) is 0. The number of aryl methyl sites for hydroxylation is 2. The Morgan fingerprint density at radius 1 is 0.821 bits per heavy atom. The van der Waals surface area contributed by atoms with Crippen LogP contribution < -0.4 is 16.0 Å². The molecule has 3 aromatic rings. The molecule has 0 atom stereocenters. The Morgan fingerprint density at radius 2 is 1.50 bits per heavy atom. The van der Waals surface area contributed by atoms with E-state index in [1.165, 1.54) is 6.92 Å². The van der Waals surface area contributed by atoms with Gasteiger partial charge in [-0.25, -0.2) is 0 Å². The molecular formula is C21H21N5O2. The number of aromatic nitrogens is 2. The zero-order valence-electron chi connectivity index (χ0n) is 15.9. The van der Waals surface area contributed by atoms with Gasteiger partial charge in [0.1, 0.15) is 0 Å². The van der Waals surface area contributed by atoms with Gasteiger partial charge in [0, 0.05) is 24.0 Å². The maximum atomic E-state index is 12.3. The molecule has 2 amide bonds. The van der Waals surface area contributed by atoms with Crippen LogP contribution in [0.4, 0.5) is 22.9 Å². The van der Waals surface area contributed by atoms with Crippen LogP contribution in [0, 0.1) is 13.8 Å². The summed E-state index contributed by atoms with van der Waals surface area (Å²) in [6.07, 6.45) is 0. The molecule has 142 valence electrons. The monoisotopic (exact) mass is 375 g/mol. The van der Waals surface area contributed by atoms with Crippen LogP contribution in [0.25, 0.3) is 0 Å². The molecule has 7 heteroatoms. The summed E-state index contributed by atoms with van der Waals surface area (Å²) < 4.78 is 0. The molecule has 0 aliphatic carbocycles. The van der Waals surface area contributed by atoms with Crippen LogP contribution in [0.1, 0.15) is 28.5 Å². The minimum absolute atomic E-state index is 0.151. The minimum Gasteiger partial charge on any atom is -0.339 e. The molecular weight excluding hydrogens is 354 g/mol. The van der Waals surface area contributed by atoms with Crippen molar-refractivity contribution < 1.29 is 9.59 Å². The second kappa shape index (κ2) is 8.30. The lowest BCUT2D eigenvalue weighted by Gasteiger charge is -2.10. The number of benzene rings is 2. The van der Waals surface area contributed by atoms with E-state index in [2.05, 4.69) is 26.1 Å². The molecule has 0 saturated heterocycles. The Morgan fingerprint density at radius 3 is 2.11 bits per heavy atom. The van der Waals surface area contributed by atoms with E-state index in [9.17, 15) is 9.59 Å². The van der Waals surface area contributed by atoms with Gasteiger partial charge >= 0.3 is 0 Å². The third kappa shape index (κ3) is 4.91. The highest BCUT2D eigenvalue weighted by molar-refractivity contribution is 6.03. The molecule has 0 fully saturated rings. The van der Waals surface area contributed by atoms with Crippen molar-refractivity contribution in [3.63, 3.8) is 0 Å². The first kappa shape index (κ1) is 19.0. The predicted octanol–water partition coefficient (Wildman–Crippen LogP) is 4.05. The summed E-state index contributed by atoms with van der Waals surface area (Å²) in [5, 5.41) is 16.7. The molecule has 0 aliphatic heterocycles. The summed E-state index contributed by atoms with van der Waals surface area (Å²) in [6.45, 7) is 5.47. The van der Waals surface area contributed by atoms with Gasteiger partial charge in [-0.3, -0.25) is 9.59 Å². The molecule has 3 N–H and O–H groups in total. The molecule has 1 heterocycles. The Balaban J connectivity index is 1.65. The Bertz CT molecular complexity index is 998. The number of carbonyl (C=O) groups excluding carboxylic acids is 2. The van der Waals surface area contributed by atoms with Crippen LogP contribution >= 0.6 is 0 Å². The second-order valence-electron chi connectivity index (χ2n) is 6.46. The fraction of sp³-hybridized carbons (Fsp3) is 0.143. The summed E-state index contributed by atoms with van der Waals surface area (Å²) in [5.74, 6) is 0.0459. The molecule has 0 unspecified atom stereocenters. The fourth-order valence-corrected chi connectivity index (χ4v) is 2.56. The molecule has 3 rings (SSSR count). The van der Waals surface area contributed by atoms with E-state index in [1.807, 2.05) is 32.0 Å². The van der Waals surface area contributed by atoms with E-state index >= 15 is 0 Å². The maximum absolute atomic E-state index is 12.3. The molecule has 0 saturated carbocycles. The minimum atomic E-state index is -0.363. The molecule has 28 heavy (non-hydrogen) atoms. The van der Waals surface area contributed by atoms with Gasteiger partial charge in [-0.05, 0) is 67.4 Å². The van der Waals surface area contributed by atoms with Crippen LogP contribution in [-0.4, -0.2) is 22.0 Å². The van der Waals surface area contributed by atoms with Gasteiger partial charge in [0.2, 0.25) is 5.91 Å². The van der Waals surface area contributed by atoms with Crippen molar-refractivity contribution >= 4 is 34.7 Å². The number of hydrogen-bond donors (Lipinski definition) is 3. The third-order valence-corrected chi connectivity index (χ3v) is 4.02. The lowest BCUT2D eigenvalue weighted by Crippen LogP contribution is -2.14. The van der Waals surface area contributed by atoms with Crippen LogP contribution in [-0.2, 0) is 4.79 Å². The van der Waals surface area contributed by atoms with E-state index in [4.69, 9.17) is 0 Å². The summed E-state index contributed by atoms with van der Waals surface area (Å²) in [5.41, 5.74) is 4.65. The number of carbonyl (C=O) groups is 2. The molecule has 7 nitrogen and oxygen atoms in total. The summed E-state index contributed by atoms with van der Waals surface area (Å²) in [4.78, 5) is 23.4. The first-order valence-corrected chi connectivity index (χ1v) is 8.78. The maximum Gasteiger partial charge on any atom is 0.276 e. The largest absolute Gasteiger partial charge is 0.339 e. The van der Waals surface area contributed by atoms with Crippen molar-refractivity contribution in [2.45, 2.75) is 20.8 Å². The van der Waals surface area contributed by atoms with Crippen molar-refractivity contribution in [1.29, 1.82) is 0 Å². The molecule has 0 aliphatic rings. The normalized spacial score (nSPS) is 10.2. The van der Waals surface area contributed by atoms with Crippen molar-refractivity contribution in [1.82, 2.24) is 10.2 Å². The van der Waals surface area contributed by atoms with Crippen LogP contribution in [0.3, 0.4) is 0 Å². The van der Waals surface area contributed by atoms with Gasteiger partial charge in [0.25, 0.3) is 5.91 Å². The van der Waals surface area contributed by atoms with Gasteiger partial charge in [0.05, 0.1) is 0 Å². The van der Waals surface area contributed by atoms with E-state index in [-0.39, 0.29) is 17.5 Å². The lowest BCUT2D eigenvalue weighted by atomic mass is 10.1. The summed E-state index contributed by atoms with van der Waals surface area (Å²) in [6, 6.07) is 16.2. The number of hydrogen-bond acceptors (Lipinski definition) is 5. The first-order valence-electron chi connectivity index (χ1n) is 8.78. The quantitative estimate of drug-likeness (QED) is 0.625. The molecule has 0 radical (unpaired) electrons. The van der Waals surface area contributed by atoms with Gasteiger partial charge in [-0.15, -0.1) is 10.2 Å². The number of nitrogens with one attached hydrogen (secondary N) is 3. The smallest absolute Gasteiger partial charge is 0.276 e. The molecule has 1 aromatic heterocycles.